The topological polar surface area (TPSA) is 9.72 Å². The van der Waals surface area contributed by atoms with Crippen LogP contribution in [0, 0.1) is 0 Å². The number of nitrogens with zero attached hydrogens (tertiary/aromatic N) is 3. The highest BCUT2D eigenvalue weighted by molar-refractivity contribution is 7.00. The van der Waals surface area contributed by atoms with Gasteiger partial charge in [-0.25, -0.2) is 0 Å². The Labute approximate surface area is 466 Å². The fraction of sp³-hybridized carbons (Fsp3) is 0.120. The number of fused-ring (bicyclic) bond motifs is 6. The highest BCUT2D eigenvalue weighted by Crippen LogP contribution is 2.59. The summed E-state index contributed by atoms with van der Waals surface area (Å²) in [5, 5.41) is 0. The summed E-state index contributed by atoms with van der Waals surface area (Å²) in [6.07, 6.45) is 0. The van der Waals surface area contributed by atoms with Crippen molar-refractivity contribution < 1.29 is 0 Å². The lowest BCUT2D eigenvalue weighted by Crippen LogP contribution is -2.61. The first-order chi connectivity index (χ1) is 38.5. The zero-order valence-corrected chi connectivity index (χ0v) is 45.8. The fourth-order valence-corrected chi connectivity index (χ4v) is 13.3. The third-order valence-corrected chi connectivity index (χ3v) is 17.0. The van der Waals surface area contributed by atoms with Crippen LogP contribution in [0.2, 0.25) is 0 Å². The van der Waals surface area contributed by atoms with Crippen molar-refractivity contribution in [1.82, 2.24) is 0 Å². The Kier molecular flexibility index (Phi) is 11.3. The number of benzene rings is 11. The van der Waals surface area contributed by atoms with Gasteiger partial charge in [-0.1, -0.05) is 260 Å². The van der Waals surface area contributed by atoms with Crippen LogP contribution in [0.3, 0.4) is 0 Å². The van der Waals surface area contributed by atoms with Crippen molar-refractivity contribution in [2.24, 2.45) is 0 Å². The van der Waals surface area contributed by atoms with E-state index in [-0.39, 0.29) is 17.5 Å². The van der Waals surface area contributed by atoms with Crippen LogP contribution in [-0.4, -0.2) is 6.71 Å². The predicted molar refractivity (Wildman–Crippen MR) is 335 cm³/mol. The molecule has 0 atom stereocenters. The monoisotopic (exact) mass is 1020 g/mol. The fourth-order valence-electron chi connectivity index (χ4n) is 13.3. The van der Waals surface area contributed by atoms with E-state index in [0.717, 1.165) is 39.8 Å². The van der Waals surface area contributed by atoms with E-state index in [1.165, 1.54) is 83.4 Å². The van der Waals surface area contributed by atoms with Gasteiger partial charge in [0.05, 0.1) is 28.2 Å². The van der Waals surface area contributed by atoms with Gasteiger partial charge in [-0.05, 0) is 120 Å². The molecule has 79 heavy (non-hydrogen) atoms. The standard InChI is InChI=1S/C75H62BN3/c1-73(2,3)55-43-45-63-67(47-55)77(57-35-20-11-21-36-57)69-49-58(78-65-41-24-22-39-61(65)75(53-31-16-9-17-32-53,54-33-18-10-19-34-54)62-40-23-25-42-66(62)78)50-70-71(69)76(63)64-46-44-56(74(4,5)6)48-68(64)79(70)72-59(51-27-12-7-13-28-51)37-26-38-60(72)52-29-14-8-15-30-52/h7-50H,1-6H3. The first-order valence-corrected chi connectivity index (χ1v) is 28.0. The van der Waals surface area contributed by atoms with Crippen LogP contribution in [0.5, 0.6) is 0 Å². The Morgan fingerprint density at radius 2 is 0.709 bits per heavy atom. The van der Waals surface area contributed by atoms with Gasteiger partial charge in [0.1, 0.15) is 0 Å². The van der Waals surface area contributed by atoms with Crippen molar-refractivity contribution in [2.45, 2.75) is 57.8 Å². The summed E-state index contributed by atoms with van der Waals surface area (Å²) in [5.74, 6) is 0. The smallest absolute Gasteiger partial charge is 0.252 e. The largest absolute Gasteiger partial charge is 0.311 e. The highest BCUT2D eigenvalue weighted by Gasteiger charge is 2.49. The third kappa shape index (κ3) is 7.64. The molecular formula is C75H62BN3. The Morgan fingerprint density at radius 1 is 0.316 bits per heavy atom. The van der Waals surface area contributed by atoms with Gasteiger partial charge in [0.2, 0.25) is 0 Å². The summed E-state index contributed by atoms with van der Waals surface area (Å²) in [7, 11) is 0. The average molecular weight is 1020 g/mol. The molecule has 380 valence electrons. The van der Waals surface area contributed by atoms with E-state index in [1.807, 2.05) is 0 Å². The lowest BCUT2D eigenvalue weighted by atomic mass is 9.33. The first kappa shape index (κ1) is 48.3. The SMILES string of the molecule is CC(C)(C)c1ccc2c(c1)N(c1ccccc1)c1cc(N3c4ccccc4C(c4ccccc4)(c4ccccc4)c4ccccc43)cc3c1B2c1ccc(C(C)(C)C)cc1N3c1c(-c2ccccc2)cccc1-c1ccccc1. The predicted octanol–water partition coefficient (Wildman–Crippen LogP) is 17.9. The van der Waals surface area contributed by atoms with Crippen molar-refractivity contribution in [1.29, 1.82) is 0 Å². The maximum Gasteiger partial charge on any atom is 0.252 e. The Morgan fingerprint density at radius 3 is 1.18 bits per heavy atom. The Bertz CT molecular complexity index is 3960. The molecule has 0 spiro atoms. The van der Waals surface area contributed by atoms with E-state index in [9.17, 15) is 0 Å². The van der Waals surface area contributed by atoms with E-state index in [0.29, 0.717) is 0 Å². The molecule has 0 saturated carbocycles. The molecule has 0 saturated heterocycles. The second-order valence-corrected chi connectivity index (χ2v) is 23.7. The minimum atomic E-state index is -0.619. The average Bonchev–Trinajstić information content (AvgIpc) is 3.67. The van der Waals surface area contributed by atoms with Gasteiger partial charge in [-0.3, -0.25) is 0 Å². The molecule has 0 N–H and O–H groups in total. The van der Waals surface area contributed by atoms with E-state index in [1.54, 1.807) is 0 Å². The molecule has 11 aromatic rings. The second-order valence-electron chi connectivity index (χ2n) is 23.7. The van der Waals surface area contributed by atoms with Gasteiger partial charge < -0.3 is 14.7 Å². The van der Waals surface area contributed by atoms with E-state index in [2.05, 4.69) is 323 Å². The van der Waals surface area contributed by atoms with Crippen LogP contribution < -0.4 is 31.1 Å². The molecule has 3 aliphatic rings. The minimum absolute atomic E-state index is 0.0860. The highest BCUT2D eigenvalue weighted by atomic mass is 15.2. The lowest BCUT2D eigenvalue weighted by Gasteiger charge is -2.48. The number of hydrogen-bond acceptors (Lipinski definition) is 3. The molecule has 4 heteroatoms. The molecule has 0 unspecified atom stereocenters. The van der Waals surface area contributed by atoms with E-state index < -0.39 is 5.41 Å². The molecule has 0 amide bonds. The Balaban J connectivity index is 1.16. The molecule has 11 aromatic carbocycles. The summed E-state index contributed by atoms with van der Waals surface area (Å²) < 4.78 is 0. The van der Waals surface area contributed by atoms with Gasteiger partial charge in [0, 0.05) is 39.6 Å². The maximum atomic E-state index is 2.67. The van der Waals surface area contributed by atoms with Crippen molar-refractivity contribution >= 4 is 74.3 Å². The van der Waals surface area contributed by atoms with Gasteiger partial charge in [-0.2, -0.15) is 0 Å². The number of anilines is 9. The van der Waals surface area contributed by atoms with Crippen molar-refractivity contribution in [3.8, 4) is 22.3 Å². The van der Waals surface area contributed by atoms with E-state index in [4.69, 9.17) is 0 Å². The normalized spacial score (nSPS) is 13.9. The molecular weight excluding hydrogens is 954 g/mol. The van der Waals surface area contributed by atoms with Gasteiger partial charge in [-0.15, -0.1) is 0 Å². The van der Waals surface area contributed by atoms with Crippen LogP contribution in [0.4, 0.5) is 51.2 Å². The van der Waals surface area contributed by atoms with Crippen LogP contribution in [0.15, 0.2) is 267 Å². The zero-order valence-electron chi connectivity index (χ0n) is 45.8. The minimum Gasteiger partial charge on any atom is -0.311 e. The van der Waals surface area contributed by atoms with Crippen LogP contribution in [0.1, 0.15) is 74.9 Å². The summed E-state index contributed by atoms with van der Waals surface area (Å²) in [6.45, 7) is 14.0. The summed E-state index contributed by atoms with van der Waals surface area (Å²) in [4.78, 5) is 7.83. The van der Waals surface area contributed by atoms with Gasteiger partial charge in [0.25, 0.3) is 6.71 Å². The molecule has 0 bridgehead atoms. The summed E-state index contributed by atoms with van der Waals surface area (Å²) >= 11 is 0. The van der Waals surface area contributed by atoms with Crippen molar-refractivity contribution in [3.63, 3.8) is 0 Å². The molecule has 3 nitrogen and oxygen atoms in total. The van der Waals surface area contributed by atoms with Crippen LogP contribution in [0.25, 0.3) is 22.3 Å². The quantitative estimate of drug-likeness (QED) is 0.147. The van der Waals surface area contributed by atoms with Crippen molar-refractivity contribution in [3.05, 3.63) is 300 Å². The number of hydrogen-bond donors (Lipinski definition) is 0. The lowest BCUT2D eigenvalue weighted by molar-refractivity contribution is 0.590. The third-order valence-electron chi connectivity index (χ3n) is 17.0. The molecule has 14 rings (SSSR count). The van der Waals surface area contributed by atoms with Gasteiger partial charge >= 0.3 is 0 Å². The van der Waals surface area contributed by atoms with E-state index >= 15 is 0 Å². The molecule has 0 fully saturated rings. The molecule has 3 aliphatic heterocycles. The zero-order chi connectivity index (χ0) is 53.6. The molecule has 0 aromatic heterocycles. The van der Waals surface area contributed by atoms with Gasteiger partial charge in [0.15, 0.2) is 0 Å². The molecule has 0 aliphatic carbocycles. The molecule has 3 heterocycles. The van der Waals surface area contributed by atoms with Crippen molar-refractivity contribution in [2.75, 3.05) is 14.7 Å². The number of rotatable bonds is 7. The second kappa shape index (κ2) is 18.5. The number of para-hydroxylation sites is 4. The van der Waals surface area contributed by atoms with Crippen LogP contribution >= 0.6 is 0 Å². The summed E-state index contributed by atoms with van der Waals surface area (Å²) in [6, 6.07) is 100. The summed E-state index contributed by atoms with van der Waals surface area (Å²) in [5.41, 5.74) is 25.6. The molecule has 0 radical (unpaired) electrons. The first-order valence-electron chi connectivity index (χ1n) is 28.0. The Hall–Kier alpha value is -9.12. The maximum absolute atomic E-state index is 2.67. The van der Waals surface area contributed by atoms with Crippen LogP contribution in [-0.2, 0) is 16.2 Å².